The number of nitrogens with zero attached hydrogens (tertiary/aromatic N) is 1. The number of hydrogen-bond acceptors (Lipinski definition) is 1. The van der Waals surface area contributed by atoms with E-state index in [9.17, 15) is 0 Å². The van der Waals surface area contributed by atoms with Crippen molar-refractivity contribution in [1.29, 1.82) is 0 Å². The van der Waals surface area contributed by atoms with Gasteiger partial charge in [0.05, 0.1) is 0 Å². The Morgan fingerprint density at radius 2 is 1.41 bits per heavy atom. The van der Waals surface area contributed by atoms with Gasteiger partial charge in [-0.3, -0.25) is 0 Å². The molecule has 0 spiro atoms. The Hall–Kier alpha value is -2.16. The largest absolute Gasteiger partial charge is 3.00 e. The van der Waals surface area contributed by atoms with Crippen molar-refractivity contribution in [2.75, 3.05) is 11.4 Å². The minimum absolute atomic E-state index is 0. The summed E-state index contributed by atoms with van der Waals surface area (Å²) in [6.07, 6.45) is 15.9. The van der Waals surface area contributed by atoms with Gasteiger partial charge >= 0.3 is 26.2 Å². The third kappa shape index (κ3) is 7.00. The van der Waals surface area contributed by atoms with Crippen LogP contribution < -0.4 is 29.7 Å². The zero-order valence-corrected chi connectivity index (χ0v) is 31.8. The molecule has 10 rings (SSSR count). The standard InChI is InChI=1S/C25H25.C16H17NSi.2ClH.Zr/c1-2-4-22-13-23(12-21(22)3-1)20-5-7-24(8-6-20)25-14-17-9-18(15-25)11-19(10-17)16-25;1-18(2)12-13-8-14-10-17(11-15(14)9-13)16-6-4-3-5-7-16;;;/h1-8,12-13,17-19H,9-11,14-16H2;3-10,12H,11H2,1-2H3;2*1H;/q-1;;;;+3/p-2. The van der Waals surface area contributed by atoms with Crippen molar-refractivity contribution >= 4 is 30.5 Å². The number of hydrogen-bond donors (Lipinski definition) is 0. The summed E-state index contributed by atoms with van der Waals surface area (Å²) in [5.74, 6) is 3.06. The molecule has 6 aliphatic rings. The van der Waals surface area contributed by atoms with Crippen molar-refractivity contribution < 1.29 is 51.0 Å². The van der Waals surface area contributed by atoms with E-state index < -0.39 is 0 Å². The smallest absolute Gasteiger partial charge is 1.00 e. The van der Waals surface area contributed by atoms with E-state index >= 15 is 0 Å². The molecule has 4 fully saturated rings. The molecule has 233 valence electrons. The number of benzene rings is 3. The molecule has 46 heavy (non-hydrogen) atoms. The van der Waals surface area contributed by atoms with Crippen LogP contribution in [-0.4, -0.2) is 20.6 Å². The first-order valence-electron chi connectivity index (χ1n) is 16.4. The van der Waals surface area contributed by atoms with Gasteiger partial charge in [0.1, 0.15) is 0 Å². The maximum absolute atomic E-state index is 2.46. The Labute approximate surface area is 308 Å². The molecule has 5 aliphatic carbocycles. The third-order valence-corrected chi connectivity index (χ3v) is 11.6. The molecule has 1 radical (unpaired) electrons. The van der Waals surface area contributed by atoms with Gasteiger partial charge in [-0.1, -0.05) is 85.0 Å². The summed E-state index contributed by atoms with van der Waals surface area (Å²) in [6, 6.07) is 33.6. The third-order valence-electron chi connectivity index (χ3n) is 10.7. The van der Waals surface area contributed by atoms with Gasteiger partial charge in [0.2, 0.25) is 0 Å². The molecule has 0 N–H and O–H groups in total. The molecule has 0 atom stereocenters. The first-order chi connectivity index (χ1) is 21.0. The quantitative estimate of drug-likeness (QED) is 0.226. The Morgan fingerprint density at radius 3 is 2.02 bits per heavy atom. The minimum atomic E-state index is -0.292. The predicted molar refractivity (Wildman–Crippen MR) is 186 cm³/mol. The van der Waals surface area contributed by atoms with Crippen molar-refractivity contribution in [1.82, 2.24) is 0 Å². The van der Waals surface area contributed by atoms with Gasteiger partial charge < -0.3 is 29.7 Å². The van der Waals surface area contributed by atoms with Crippen LogP contribution in [0.4, 0.5) is 5.69 Å². The van der Waals surface area contributed by atoms with Gasteiger partial charge in [0.25, 0.3) is 0 Å². The molecule has 4 bridgehead atoms. The summed E-state index contributed by atoms with van der Waals surface area (Å²) in [5, 5.41) is 2.70. The maximum Gasteiger partial charge on any atom is 3.00 e. The Bertz CT molecular complexity index is 1720. The normalized spacial score (nSPS) is 24.7. The molecule has 4 aromatic carbocycles. The Kier molecular flexibility index (Phi) is 11.1. The minimum Gasteiger partial charge on any atom is -1.00 e. The van der Waals surface area contributed by atoms with E-state index in [1.54, 1.807) is 5.56 Å². The molecule has 0 amide bonds. The van der Waals surface area contributed by atoms with Crippen LogP contribution in [0.15, 0.2) is 126 Å². The summed E-state index contributed by atoms with van der Waals surface area (Å²) in [6.45, 7) is 5.65. The van der Waals surface area contributed by atoms with Crippen LogP contribution in [0.2, 0.25) is 13.1 Å². The average molecular weight is 739 g/mol. The molecule has 5 heteroatoms. The second kappa shape index (κ2) is 14.5. The number of para-hydroxylation sites is 1. The molecule has 1 nitrogen and oxygen atoms in total. The van der Waals surface area contributed by atoms with Crippen molar-refractivity contribution in [3.05, 3.63) is 132 Å². The summed E-state index contributed by atoms with van der Waals surface area (Å²) in [5.41, 5.74) is 12.8. The number of fused-ring (bicyclic) bond motifs is 2. The van der Waals surface area contributed by atoms with E-state index in [4.69, 9.17) is 0 Å². The van der Waals surface area contributed by atoms with E-state index in [1.165, 1.54) is 82.8 Å². The summed E-state index contributed by atoms with van der Waals surface area (Å²) in [4.78, 5) is 2.32. The van der Waals surface area contributed by atoms with Gasteiger partial charge in [0.15, 0.2) is 0 Å². The zero-order chi connectivity index (χ0) is 29.0. The van der Waals surface area contributed by atoms with Crippen molar-refractivity contribution in [2.24, 2.45) is 17.8 Å². The van der Waals surface area contributed by atoms with Crippen molar-refractivity contribution in [3.63, 3.8) is 0 Å². The molecule has 4 aromatic rings. The molecule has 4 saturated carbocycles. The number of anilines is 1. The summed E-state index contributed by atoms with van der Waals surface area (Å²) < 4.78 is 0. The van der Waals surface area contributed by atoms with E-state index in [0.29, 0.717) is 5.41 Å². The molecule has 1 heterocycles. The number of rotatable bonds is 4. The zero-order valence-electron chi connectivity index (χ0n) is 26.9. The molecule has 0 aromatic heterocycles. The van der Waals surface area contributed by atoms with Gasteiger partial charge in [-0.25, -0.2) is 0 Å². The second-order valence-electron chi connectivity index (χ2n) is 14.2. The van der Waals surface area contributed by atoms with Crippen LogP contribution in [0.25, 0.3) is 21.9 Å². The number of allylic oxidation sites excluding steroid dienone is 3. The fourth-order valence-corrected chi connectivity index (χ4v) is 10.1. The van der Waals surface area contributed by atoms with E-state index in [2.05, 4.69) is 133 Å². The monoisotopic (exact) mass is 736 g/mol. The molecule has 1 aliphatic heterocycles. The van der Waals surface area contributed by atoms with Crippen LogP contribution in [0.1, 0.15) is 44.1 Å². The first kappa shape index (κ1) is 35.2. The van der Waals surface area contributed by atoms with Gasteiger partial charge in [-0.2, -0.15) is 0 Å². The Balaban J connectivity index is 0.000000179. The molecule has 0 unspecified atom stereocenters. The predicted octanol–water partition coefficient (Wildman–Crippen LogP) is 4.09. The van der Waals surface area contributed by atoms with Gasteiger partial charge in [-0.05, 0) is 108 Å². The van der Waals surface area contributed by atoms with E-state index in [1.807, 2.05) is 0 Å². The van der Waals surface area contributed by atoms with Crippen LogP contribution in [0, 0.1) is 17.8 Å². The summed E-state index contributed by atoms with van der Waals surface area (Å²) >= 11 is 0. The fourth-order valence-electron chi connectivity index (χ4n) is 9.25. The maximum atomic E-state index is 2.46. The van der Waals surface area contributed by atoms with Crippen LogP contribution in [-0.2, 0) is 31.6 Å². The van der Waals surface area contributed by atoms with Gasteiger partial charge in [0, 0.05) is 26.8 Å². The van der Waals surface area contributed by atoms with E-state index in [0.717, 1.165) is 24.3 Å². The van der Waals surface area contributed by atoms with Crippen LogP contribution >= 0.6 is 0 Å². The number of halogens is 2. The SMILES string of the molecule is C[Si](C)=CC1=CC2=CN(c3ccccc3)CC2=C1.[Cl-].[Cl-].[Zr+3].c1ccc2[cH-]c(-c3ccc(C45CC6CC(CC(C6)C4)C5)cc3)cc2c1. The first-order valence-corrected chi connectivity index (χ1v) is 18.9. The van der Waals surface area contributed by atoms with Crippen LogP contribution in [0.5, 0.6) is 0 Å². The molecular weight excluding hydrogens is 697 g/mol. The van der Waals surface area contributed by atoms with Gasteiger partial charge in [-0.15, -0.1) is 34.5 Å². The van der Waals surface area contributed by atoms with E-state index in [-0.39, 0.29) is 59.4 Å². The summed E-state index contributed by atoms with van der Waals surface area (Å²) in [7, 11) is -0.292. The Morgan fingerprint density at radius 1 is 0.783 bits per heavy atom. The molecule has 0 saturated heterocycles. The topological polar surface area (TPSA) is 3.24 Å². The fraction of sp³-hybridized carbons (Fsp3) is 0.317. The second-order valence-corrected chi connectivity index (χ2v) is 16.7. The molecular formula is C41H42Cl2NSiZr. The van der Waals surface area contributed by atoms with Crippen LogP contribution in [0.3, 0.4) is 0 Å². The van der Waals surface area contributed by atoms with Crippen molar-refractivity contribution in [3.8, 4) is 11.1 Å². The average Bonchev–Trinajstić information content (AvgIpc) is 3.71. The van der Waals surface area contributed by atoms with Crippen molar-refractivity contribution in [2.45, 2.75) is 57.0 Å².